The Labute approximate surface area is 64.3 Å². The second kappa shape index (κ2) is 157. The van der Waals surface area contributed by atoms with Crippen molar-refractivity contribution in [3.8, 4) is 0 Å². The van der Waals surface area contributed by atoms with Crippen LogP contribution in [0.15, 0.2) is 10.7 Å². The summed E-state index contributed by atoms with van der Waals surface area (Å²) < 4.78 is 0. The molecule has 0 saturated carbocycles. The zero-order valence-electron chi connectivity index (χ0n) is 3.74. The molecule has 0 aromatic carbocycles. The molecule has 54 valence electrons. The molecule has 0 saturated heterocycles. The number of hydrogen-bond donors (Lipinski definition) is 0. The van der Waals surface area contributed by atoms with Crippen LogP contribution >= 0.6 is 0 Å². The Kier molecular flexibility index (Phi) is 698. The Hall–Kier alpha value is -0.618. The van der Waals surface area contributed by atoms with Crippen molar-refractivity contribution in [3.05, 3.63) is 20.2 Å². The van der Waals surface area contributed by atoms with Crippen LogP contribution in [0.3, 0.4) is 0 Å². The van der Waals surface area contributed by atoms with Crippen molar-refractivity contribution in [1.29, 1.82) is 0 Å². The van der Waals surface area contributed by atoms with Crippen molar-refractivity contribution in [3.63, 3.8) is 0 Å². The Morgan fingerprint density at radius 2 is 0.889 bits per heavy atom. The summed E-state index contributed by atoms with van der Waals surface area (Å²) >= 11 is 0. The molecule has 0 heterocycles. The van der Waals surface area contributed by atoms with Crippen LogP contribution < -0.4 is 12.3 Å². The molecule has 9 heavy (non-hydrogen) atoms. The minimum atomic E-state index is 0. The molecular weight excluding hydrogens is 226 g/mol. The van der Waals surface area contributed by atoms with Gasteiger partial charge in [0.2, 0.25) is 0 Å². The monoisotopic (exact) mass is 226 g/mol. The third kappa shape index (κ3) is 561. The maximum Gasteiger partial charge on any atom is 2.00 e. The van der Waals surface area contributed by atoms with Gasteiger partial charge in [-0.15, -0.1) is 10.7 Å². The Bertz CT molecular complexity index is 33.5. The van der Waals surface area contributed by atoms with E-state index in [0.29, 0.717) is 0 Å². The van der Waals surface area contributed by atoms with Crippen molar-refractivity contribution in [1.82, 2.24) is 12.3 Å². The Morgan fingerprint density at radius 3 is 0.889 bits per heavy atom. The van der Waals surface area contributed by atoms with Crippen molar-refractivity contribution >= 4 is 0 Å². The van der Waals surface area contributed by atoms with E-state index in [4.69, 9.17) is 20.2 Å². The molecule has 0 aromatic rings. The van der Waals surface area contributed by atoms with Gasteiger partial charge in [-0.05, 0) is 0 Å². The van der Waals surface area contributed by atoms with E-state index in [2.05, 4.69) is 0 Å². The third-order valence-electron chi connectivity index (χ3n) is 0. The van der Waals surface area contributed by atoms with Gasteiger partial charge in [0.25, 0.3) is 0 Å². The van der Waals surface area contributed by atoms with E-state index in [1.165, 1.54) is 0 Å². The predicted octanol–water partition coefficient (Wildman–Crippen LogP) is -0.463. The molecule has 0 atom stereocenters. The van der Waals surface area contributed by atoms with Crippen LogP contribution in [0.5, 0.6) is 0 Å². The van der Waals surface area contributed by atoms with Crippen molar-refractivity contribution in [2.24, 2.45) is 10.7 Å². The van der Waals surface area contributed by atoms with Gasteiger partial charge in [-0.2, -0.15) is 0 Å². The molecule has 0 aliphatic carbocycles. The summed E-state index contributed by atoms with van der Waals surface area (Å²) in [4.78, 5) is 16.0. The van der Waals surface area contributed by atoms with E-state index < -0.39 is 0 Å². The number of hydrogen-bond acceptors (Lipinski definition) is 6. The van der Waals surface area contributed by atoms with Gasteiger partial charge in [0.15, 0.2) is 0 Å². The van der Waals surface area contributed by atoms with E-state index in [0.717, 1.165) is 10.7 Å². The summed E-state index contributed by atoms with van der Waals surface area (Å²) in [5, 5.41) is 18.0. The van der Waals surface area contributed by atoms with E-state index in [9.17, 15) is 0 Å². The molecule has 0 rings (SSSR count). The largest absolute Gasteiger partial charge is 2.00 e. The first-order chi connectivity index (χ1) is 2.83. The molecule has 0 spiro atoms. The van der Waals surface area contributed by atoms with Crippen LogP contribution in [-0.2, 0) is 20.4 Å². The van der Waals surface area contributed by atoms with E-state index in [1.54, 1.807) is 0 Å². The van der Waals surface area contributed by atoms with Gasteiger partial charge in [0.1, 0.15) is 0 Å². The van der Waals surface area contributed by atoms with Gasteiger partial charge in [-0.1, -0.05) is 0 Å². The quantitative estimate of drug-likeness (QED) is 0.309. The second-order valence-electron chi connectivity index (χ2n) is 0.149. The average molecular weight is 226 g/mol. The van der Waals surface area contributed by atoms with E-state index in [-0.39, 0.29) is 32.7 Å². The second-order valence-corrected chi connectivity index (χ2v) is 0.149. The van der Waals surface area contributed by atoms with Crippen LogP contribution in [-0.4, -0.2) is 0 Å². The van der Waals surface area contributed by atoms with Gasteiger partial charge in [0, 0.05) is 12.3 Å². The van der Waals surface area contributed by atoms with Gasteiger partial charge in [-0.25, -0.2) is 0 Å². The van der Waals surface area contributed by atoms with Gasteiger partial charge in [0.05, 0.1) is 0 Å². The van der Waals surface area contributed by atoms with E-state index >= 15 is 0 Å². The fourth-order valence-corrected chi connectivity index (χ4v) is 0. The molecule has 9 heteroatoms. The molecule has 0 aliphatic heterocycles. The summed E-state index contributed by atoms with van der Waals surface area (Å²) in [5.74, 6) is 0. The Balaban J connectivity index is -0.00000000889. The van der Waals surface area contributed by atoms with Crippen LogP contribution in [0.4, 0.5) is 0 Å². The SMILES string of the molecule is O=N[O-].O=N[O-].[N].[N].[Pd+2]. The smallest absolute Gasteiger partial charge is 0.444 e. The first-order valence-electron chi connectivity index (χ1n) is 0.730. The molecule has 0 amide bonds. The summed E-state index contributed by atoms with van der Waals surface area (Å²) in [6.45, 7) is 0. The fraction of sp³-hybridized carbons (Fsp3) is 0. The molecule has 0 aromatic heterocycles. The molecule has 0 aliphatic rings. The van der Waals surface area contributed by atoms with Crippen LogP contribution in [0.1, 0.15) is 0 Å². The summed E-state index contributed by atoms with van der Waals surface area (Å²) in [5.41, 5.74) is 0. The van der Waals surface area contributed by atoms with Crippen LogP contribution in [0.25, 0.3) is 0 Å². The maximum absolute atomic E-state index is 8.00. The third-order valence-corrected chi connectivity index (χ3v) is 0. The average Bonchev–Trinajstić information content (AvgIpc) is 1.39. The van der Waals surface area contributed by atoms with Crippen molar-refractivity contribution < 1.29 is 20.4 Å². The topological polar surface area (TPSA) is 166 Å². The zero-order valence-corrected chi connectivity index (χ0v) is 5.29. The van der Waals surface area contributed by atoms with Gasteiger partial charge in [-0.3, -0.25) is 0 Å². The minimum absolute atomic E-state index is 0. The van der Waals surface area contributed by atoms with Crippen LogP contribution in [0.2, 0.25) is 0 Å². The maximum atomic E-state index is 8.00. The number of rotatable bonds is 0. The fourth-order valence-electron chi connectivity index (χ4n) is 0. The molecule has 0 fully saturated rings. The summed E-state index contributed by atoms with van der Waals surface area (Å²) in [6, 6.07) is 0. The molecular formula is N4O4Pd. The molecule has 0 unspecified atom stereocenters. The minimum Gasteiger partial charge on any atom is -0.444 e. The van der Waals surface area contributed by atoms with E-state index in [1.807, 2.05) is 0 Å². The standard InChI is InChI=1S/2HNO2.2N.Pd/c2*2-1-3;;;/h2*(H,2,3);;;/q;;;;+2/p-2. The van der Waals surface area contributed by atoms with Crippen molar-refractivity contribution in [2.45, 2.75) is 0 Å². The predicted molar refractivity (Wildman–Crippen MR) is 22.6 cm³/mol. The first-order valence-corrected chi connectivity index (χ1v) is 0.730. The normalized spacial score (nSPS) is 2.67. The molecule has 6 radical (unpaired) electrons. The van der Waals surface area contributed by atoms with Gasteiger partial charge < -0.3 is 20.2 Å². The first kappa shape index (κ1) is 39.9. The van der Waals surface area contributed by atoms with Crippen LogP contribution in [0, 0.1) is 20.2 Å². The molecule has 8 nitrogen and oxygen atoms in total. The summed E-state index contributed by atoms with van der Waals surface area (Å²) in [6.07, 6.45) is 0. The van der Waals surface area contributed by atoms with Gasteiger partial charge >= 0.3 is 20.4 Å². The summed E-state index contributed by atoms with van der Waals surface area (Å²) in [7, 11) is 0. The van der Waals surface area contributed by atoms with Crippen molar-refractivity contribution in [2.75, 3.05) is 0 Å². The molecule has 0 N–H and O–H groups in total. The zero-order chi connectivity index (χ0) is 5.41. The number of nitrogens with zero attached hydrogens (tertiary/aromatic N) is 4. The molecule has 0 bridgehead atoms. The Morgan fingerprint density at radius 1 is 0.889 bits per heavy atom.